The molecular formula is C13H16F3NO2. The molecule has 0 atom stereocenters. The van der Waals surface area contributed by atoms with E-state index in [1.54, 1.807) is 18.2 Å². The number of halogens is 3. The number of nitrogens with zero attached hydrogens (tertiary/aromatic N) is 1. The molecule has 0 heterocycles. The molecule has 0 aromatic heterocycles. The van der Waals surface area contributed by atoms with Crippen LogP contribution in [0.25, 0.3) is 0 Å². The third kappa shape index (κ3) is 6.26. The van der Waals surface area contributed by atoms with Crippen LogP contribution in [0.15, 0.2) is 36.9 Å². The van der Waals surface area contributed by atoms with E-state index >= 15 is 0 Å². The number of hydrogen-bond donors (Lipinski definition) is 1. The maximum absolute atomic E-state index is 12.0. The molecule has 1 aromatic rings. The third-order valence-corrected chi connectivity index (χ3v) is 2.37. The quantitative estimate of drug-likeness (QED) is 0.776. The van der Waals surface area contributed by atoms with Gasteiger partial charge in [-0.1, -0.05) is 18.2 Å². The van der Waals surface area contributed by atoms with Gasteiger partial charge in [-0.2, -0.15) is 0 Å². The molecule has 0 amide bonds. The minimum absolute atomic E-state index is 0.0170. The summed E-state index contributed by atoms with van der Waals surface area (Å²) in [5.74, 6) is -0.242. The lowest BCUT2D eigenvalue weighted by Gasteiger charge is -2.19. The van der Waals surface area contributed by atoms with E-state index in [4.69, 9.17) is 5.11 Å². The lowest BCUT2D eigenvalue weighted by atomic mass is 10.2. The Morgan fingerprint density at radius 2 is 1.89 bits per heavy atom. The molecule has 0 aliphatic rings. The van der Waals surface area contributed by atoms with Crippen LogP contribution in [-0.2, 0) is 6.54 Å². The fourth-order valence-corrected chi connectivity index (χ4v) is 1.61. The van der Waals surface area contributed by atoms with Gasteiger partial charge in [0, 0.05) is 19.6 Å². The highest BCUT2D eigenvalue weighted by atomic mass is 19.4. The Morgan fingerprint density at radius 3 is 2.37 bits per heavy atom. The van der Waals surface area contributed by atoms with Gasteiger partial charge >= 0.3 is 6.36 Å². The normalized spacial score (nSPS) is 11.6. The van der Waals surface area contributed by atoms with Crippen molar-refractivity contribution < 1.29 is 23.0 Å². The van der Waals surface area contributed by atoms with Crippen LogP contribution in [0.4, 0.5) is 13.2 Å². The van der Waals surface area contributed by atoms with Gasteiger partial charge in [0.15, 0.2) is 0 Å². The summed E-state index contributed by atoms with van der Waals surface area (Å²) >= 11 is 0. The molecule has 19 heavy (non-hydrogen) atoms. The van der Waals surface area contributed by atoms with Crippen LogP contribution < -0.4 is 4.74 Å². The molecule has 1 rings (SSSR count). The second-order valence-electron chi connectivity index (χ2n) is 3.94. The average molecular weight is 275 g/mol. The third-order valence-electron chi connectivity index (χ3n) is 2.37. The Morgan fingerprint density at radius 1 is 1.26 bits per heavy atom. The van der Waals surface area contributed by atoms with Gasteiger partial charge in [0.1, 0.15) is 5.75 Å². The van der Waals surface area contributed by atoms with Crippen molar-refractivity contribution in [2.45, 2.75) is 12.9 Å². The van der Waals surface area contributed by atoms with E-state index in [2.05, 4.69) is 11.3 Å². The number of alkyl halides is 3. The van der Waals surface area contributed by atoms with Gasteiger partial charge in [-0.25, -0.2) is 0 Å². The minimum Gasteiger partial charge on any atom is -0.406 e. The van der Waals surface area contributed by atoms with E-state index < -0.39 is 6.36 Å². The van der Waals surface area contributed by atoms with Gasteiger partial charge in [-0.3, -0.25) is 4.90 Å². The fourth-order valence-electron chi connectivity index (χ4n) is 1.61. The first-order valence-corrected chi connectivity index (χ1v) is 5.73. The van der Waals surface area contributed by atoms with Crippen molar-refractivity contribution in [3.05, 3.63) is 42.5 Å². The summed E-state index contributed by atoms with van der Waals surface area (Å²) in [5, 5.41) is 8.89. The molecule has 3 nitrogen and oxygen atoms in total. The van der Waals surface area contributed by atoms with E-state index in [-0.39, 0.29) is 12.4 Å². The standard InChI is InChI=1S/C13H16F3NO2/c1-2-7-17(8-9-18)10-11-3-5-12(6-4-11)19-13(14,15)16/h2-6,18H,1,7-10H2. The Hall–Kier alpha value is -1.53. The molecule has 0 aliphatic carbocycles. The number of aliphatic hydroxyl groups is 1. The zero-order valence-electron chi connectivity index (χ0n) is 10.4. The van der Waals surface area contributed by atoms with Crippen LogP contribution in [0.5, 0.6) is 5.75 Å². The van der Waals surface area contributed by atoms with Crippen molar-refractivity contribution >= 4 is 0 Å². The molecule has 106 valence electrons. The van der Waals surface area contributed by atoms with Crippen LogP contribution in [0.2, 0.25) is 0 Å². The molecule has 1 aromatic carbocycles. The van der Waals surface area contributed by atoms with Gasteiger partial charge in [0.05, 0.1) is 6.61 Å². The van der Waals surface area contributed by atoms with Crippen LogP contribution >= 0.6 is 0 Å². The molecule has 0 unspecified atom stereocenters. The number of benzene rings is 1. The first kappa shape index (κ1) is 15.5. The molecule has 0 saturated carbocycles. The Bertz CT molecular complexity index is 390. The van der Waals surface area contributed by atoms with Crippen LogP contribution in [0.3, 0.4) is 0 Å². The van der Waals surface area contributed by atoms with Crippen molar-refractivity contribution in [1.82, 2.24) is 4.90 Å². The van der Waals surface area contributed by atoms with Crippen LogP contribution in [0.1, 0.15) is 5.56 Å². The SMILES string of the molecule is C=CCN(CCO)Cc1ccc(OC(F)(F)F)cc1. The first-order chi connectivity index (χ1) is 8.94. The van der Waals surface area contributed by atoms with Crippen molar-refractivity contribution in [1.29, 1.82) is 0 Å². The largest absolute Gasteiger partial charge is 0.573 e. The number of rotatable bonds is 7. The summed E-state index contributed by atoms with van der Waals surface area (Å²) in [7, 11) is 0. The van der Waals surface area contributed by atoms with Gasteiger partial charge < -0.3 is 9.84 Å². The predicted molar refractivity (Wildman–Crippen MR) is 65.7 cm³/mol. The highest BCUT2D eigenvalue weighted by molar-refractivity contribution is 5.27. The van der Waals surface area contributed by atoms with Crippen LogP contribution in [-0.4, -0.2) is 36.1 Å². The molecule has 0 fully saturated rings. The highest BCUT2D eigenvalue weighted by Gasteiger charge is 2.30. The predicted octanol–water partition coefficient (Wildman–Crippen LogP) is 2.57. The number of hydrogen-bond acceptors (Lipinski definition) is 3. The maximum Gasteiger partial charge on any atom is 0.573 e. The monoisotopic (exact) mass is 275 g/mol. The lowest BCUT2D eigenvalue weighted by molar-refractivity contribution is -0.274. The average Bonchev–Trinajstić information content (AvgIpc) is 2.30. The Balaban J connectivity index is 2.62. The van der Waals surface area contributed by atoms with Crippen molar-refractivity contribution in [3.8, 4) is 5.75 Å². The number of ether oxygens (including phenoxy) is 1. The van der Waals surface area contributed by atoms with Crippen molar-refractivity contribution in [2.75, 3.05) is 19.7 Å². The van der Waals surface area contributed by atoms with Crippen LogP contribution in [0, 0.1) is 0 Å². The summed E-state index contributed by atoms with van der Waals surface area (Å²) in [4.78, 5) is 1.92. The summed E-state index contributed by atoms with van der Waals surface area (Å²) in [5.41, 5.74) is 0.838. The van der Waals surface area contributed by atoms with E-state index in [9.17, 15) is 13.2 Å². The Labute approximate surface area is 109 Å². The van der Waals surface area contributed by atoms with Crippen molar-refractivity contribution in [3.63, 3.8) is 0 Å². The molecule has 0 aliphatic heterocycles. The smallest absolute Gasteiger partial charge is 0.406 e. The topological polar surface area (TPSA) is 32.7 Å². The highest BCUT2D eigenvalue weighted by Crippen LogP contribution is 2.23. The summed E-state index contributed by atoms with van der Waals surface area (Å²) in [6, 6.07) is 5.67. The summed E-state index contributed by atoms with van der Waals surface area (Å²) in [6.45, 7) is 5.23. The van der Waals surface area contributed by atoms with Gasteiger partial charge in [-0.05, 0) is 17.7 Å². The van der Waals surface area contributed by atoms with Gasteiger partial charge in [-0.15, -0.1) is 19.8 Å². The van der Waals surface area contributed by atoms with E-state index in [1.807, 2.05) is 4.90 Å². The van der Waals surface area contributed by atoms with E-state index in [0.29, 0.717) is 19.6 Å². The van der Waals surface area contributed by atoms with E-state index in [0.717, 1.165) is 5.56 Å². The minimum atomic E-state index is -4.67. The molecule has 0 saturated heterocycles. The summed E-state index contributed by atoms with van der Waals surface area (Å²) in [6.07, 6.45) is -2.97. The molecular weight excluding hydrogens is 259 g/mol. The molecule has 0 spiro atoms. The molecule has 0 bridgehead atoms. The second-order valence-corrected chi connectivity index (χ2v) is 3.94. The molecule has 1 N–H and O–H groups in total. The molecule has 6 heteroatoms. The zero-order valence-corrected chi connectivity index (χ0v) is 10.4. The first-order valence-electron chi connectivity index (χ1n) is 5.73. The van der Waals surface area contributed by atoms with Gasteiger partial charge in [0.2, 0.25) is 0 Å². The zero-order chi connectivity index (χ0) is 14.3. The number of aliphatic hydroxyl groups excluding tert-OH is 1. The Kier molecular flexibility index (Phi) is 5.85. The summed E-state index contributed by atoms with van der Waals surface area (Å²) < 4.78 is 39.7. The fraction of sp³-hybridized carbons (Fsp3) is 0.385. The van der Waals surface area contributed by atoms with Gasteiger partial charge in [0.25, 0.3) is 0 Å². The lowest BCUT2D eigenvalue weighted by Crippen LogP contribution is -2.26. The molecule has 0 radical (unpaired) electrons. The maximum atomic E-state index is 12.0. The van der Waals surface area contributed by atoms with Crippen molar-refractivity contribution in [2.24, 2.45) is 0 Å². The van der Waals surface area contributed by atoms with E-state index in [1.165, 1.54) is 12.1 Å². The second kappa shape index (κ2) is 7.16.